The molecule has 3 aromatic rings. The Hall–Kier alpha value is -1.33. The Kier molecular flexibility index (Phi) is 3.80. The lowest BCUT2D eigenvalue weighted by molar-refractivity contribution is 0.619. The molecule has 0 saturated heterocycles. The highest BCUT2D eigenvalue weighted by atomic mass is 79.9. The van der Waals surface area contributed by atoms with Crippen LogP contribution in [0.5, 0.6) is 0 Å². The number of hydrogen-bond donors (Lipinski definition) is 1. The first-order valence-electron chi connectivity index (χ1n) is 6.65. The molecular formula is C16H14Br2N2O. The van der Waals surface area contributed by atoms with Crippen LogP contribution in [-0.4, -0.2) is 4.98 Å². The van der Waals surface area contributed by atoms with Crippen LogP contribution in [0, 0.1) is 6.92 Å². The molecule has 3 rings (SSSR count). The van der Waals surface area contributed by atoms with Crippen molar-refractivity contribution in [2.24, 2.45) is 0 Å². The van der Waals surface area contributed by atoms with Gasteiger partial charge in [-0.2, -0.15) is 0 Å². The lowest BCUT2D eigenvalue weighted by atomic mass is 10.1. The van der Waals surface area contributed by atoms with Gasteiger partial charge in [0.25, 0.3) is 0 Å². The zero-order valence-corrected chi connectivity index (χ0v) is 14.9. The SMILES string of the molecule is CCc1ccc2oc(-c3c(Br)cc(C)c(N)c3Br)nc2c1. The summed E-state index contributed by atoms with van der Waals surface area (Å²) in [5.41, 5.74) is 11.5. The van der Waals surface area contributed by atoms with Crippen molar-refractivity contribution in [2.45, 2.75) is 20.3 Å². The Bertz CT molecular complexity index is 840. The van der Waals surface area contributed by atoms with Crippen LogP contribution in [0.25, 0.3) is 22.6 Å². The Balaban J connectivity index is 2.23. The normalized spacial score (nSPS) is 11.2. The molecule has 0 aliphatic rings. The third kappa shape index (κ3) is 2.49. The number of aryl methyl sites for hydroxylation is 2. The molecule has 1 aromatic heterocycles. The predicted molar refractivity (Wildman–Crippen MR) is 93.4 cm³/mol. The zero-order chi connectivity index (χ0) is 15.1. The zero-order valence-electron chi connectivity index (χ0n) is 11.7. The highest BCUT2D eigenvalue weighted by molar-refractivity contribution is 9.11. The van der Waals surface area contributed by atoms with E-state index in [1.54, 1.807) is 0 Å². The summed E-state index contributed by atoms with van der Waals surface area (Å²) in [6.45, 7) is 4.09. The van der Waals surface area contributed by atoms with E-state index in [1.807, 2.05) is 19.1 Å². The minimum atomic E-state index is 0.559. The molecule has 0 bridgehead atoms. The van der Waals surface area contributed by atoms with Gasteiger partial charge >= 0.3 is 0 Å². The first kappa shape index (κ1) is 14.6. The average molecular weight is 410 g/mol. The number of nitrogens with zero attached hydrogens (tertiary/aromatic N) is 1. The van der Waals surface area contributed by atoms with Gasteiger partial charge in [0.15, 0.2) is 5.58 Å². The van der Waals surface area contributed by atoms with Crippen LogP contribution in [0.3, 0.4) is 0 Å². The average Bonchev–Trinajstić information content (AvgIpc) is 2.87. The molecule has 21 heavy (non-hydrogen) atoms. The van der Waals surface area contributed by atoms with Gasteiger partial charge in [0, 0.05) is 10.2 Å². The second kappa shape index (κ2) is 5.46. The molecular weight excluding hydrogens is 396 g/mol. The molecule has 2 aromatic carbocycles. The summed E-state index contributed by atoms with van der Waals surface area (Å²) in [5.74, 6) is 0.559. The van der Waals surface area contributed by atoms with Gasteiger partial charge in [0.2, 0.25) is 5.89 Å². The van der Waals surface area contributed by atoms with Crippen LogP contribution >= 0.6 is 31.9 Å². The van der Waals surface area contributed by atoms with Crippen LogP contribution < -0.4 is 5.73 Å². The lowest BCUT2D eigenvalue weighted by Gasteiger charge is -2.09. The number of oxazole rings is 1. The molecule has 1 heterocycles. The molecule has 5 heteroatoms. The minimum Gasteiger partial charge on any atom is -0.436 e. The Morgan fingerprint density at radius 2 is 2.00 bits per heavy atom. The van der Waals surface area contributed by atoms with Crippen molar-refractivity contribution >= 4 is 48.6 Å². The number of nitrogens with two attached hydrogens (primary N) is 1. The van der Waals surface area contributed by atoms with Crippen LogP contribution in [0.2, 0.25) is 0 Å². The lowest BCUT2D eigenvalue weighted by Crippen LogP contribution is -1.94. The van der Waals surface area contributed by atoms with Gasteiger partial charge in [-0.1, -0.05) is 13.0 Å². The number of benzene rings is 2. The van der Waals surface area contributed by atoms with Crippen LogP contribution in [-0.2, 0) is 6.42 Å². The molecule has 0 radical (unpaired) electrons. The van der Waals surface area contributed by atoms with Gasteiger partial charge in [-0.05, 0) is 74.5 Å². The van der Waals surface area contributed by atoms with E-state index in [2.05, 4.69) is 55.9 Å². The van der Waals surface area contributed by atoms with Gasteiger partial charge in [-0.25, -0.2) is 4.98 Å². The van der Waals surface area contributed by atoms with Crippen molar-refractivity contribution in [1.29, 1.82) is 0 Å². The Morgan fingerprint density at radius 1 is 1.24 bits per heavy atom. The maximum atomic E-state index is 6.09. The van der Waals surface area contributed by atoms with Crippen LogP contribution in [0.4, 0.5) is 5.69 Å². The van der Waals surface area contributed by atoms with E-state index in [1.165, 1.54) is 5.56 Å². The number of halogens is 2. The van der Waals surface area contributed by atoms with E-state index in [4.69, 9.17) is 10.2 Å². The molecule has 0 unspecified atom stereocenters. The van der Waals surface area contributed by atoms with Crippen LogP contribution in [0.1, 0.15) is 18.1 Å². The predicted octanol–water partition coefficient (Wildman–Crippen LogP) is 5.47. The summed E-state index contributed by atoms with van der Waals surface area (Å²) in [6.07, 6.45) is 0.975. The second-order valence-corrected chi connectivity index (χ2v) is 6.60. The van der Waals surface area contributed by atoms with Crippen molar-refractivity contribution in [3.63, 3.8) is 0 Å². The third-order valence-electron chi connectivity index (χ3n) is 3.54. The maximum Gasteiger partial charge on any atom is 0.229 e. The number of rotatable bonds is 2. The summed E-state index contributed by atoms with van der Waals surface area (Å²) in [6, 6.07) is 8.05. The van der Waals surface area contributed by atoms with Crippen molar-refractivity contribution in [2.75, 3.05) is 5.73 Å². The van der Waals surface area contributed by atoms with E-state index in [9.17, 15) is 0 Å². The van der Waals surface area contributed by atoms with Gasteiger partial charge < -0.3 is 10.2 Å². The number of fused-ring (bicyclic) bond motifs is 1. The molecule has 3 nitrogen and oxygen atoms in total. The first-order chi connectivity index (χ1) is 10.0. The molecule has 0 fully saturated rings. The second-order valence-electron chi connectivity index (χ2n) is 4.95. The largest absolute Gasteiger partial charge is 0.436 e. The molecule has 0 atom stereocenters. The van der Waals surface area contributed by atoms with Crippen molar-refractivity contribution < 1.29 is 4.42 Å². The summed E-state index contributed by atoms with van der Waals surface area (Å²) in [7, 11) is 0. The fraction of sp³-hybridized carbons (Fsp3) is 0.188. The van der Waals surface area contributed by atoms with Gasteiger partial charge in [-0.3, -0.25) is 0 Å². The topological polar surface area (TPSA) is 52.0 Å². The fourth-order valence-electron chi connectivity index (χ4n) is 2.25. The molecule has 0 aliphatic heterocycles. The van der Waals surface area contributed by atoms with E-state index in [-0.39, 0.29) is 0 Å². The van der Waals surface area contributed by atoms with E-state index in [0.717, 1.165) is 37.6 Å². The van der Waals surface area contributed by atoms with Crippen LogP contribution in [0.15, 0.2) is 37.6 Å². The number of anilines is 1. The molecule has 0 saturated carbocycles. The quantitative estimate of drug-likeness (QED) is 0.570. The van der Waals surface area contributed by atoms with E-state index >= 15 is 0 Å². The van der Waals surface area contributed by atoms with Gasteiger partial charge in [0.05, 0.1) is 10.0 Å². The number of nitrogen functional groups attached to an aromatic ring is 1. The summed E-state index contributed by atoms with van der Waals surface area (Å²) < 4.78 is 7.59. The van der Waals surface area contributed by atoms with Crippen molar-refractivity contribution in [3.05, 3.63) is 44.3 Å². The maximum absolute atomic E-state index is 6.09. The molecule has 0 spiro atoms. The Morgan fingerprint density at radius 3 is 2.71 bits per heavy atom. The molecule has 2 N–H and O–H groups in total. The smallest absolute Gasteiger partial charge is 0.229 e. The standard InChI is InChI=1S/C16H14Br2N2O/c1-3-9-4-5-12-11(7-9)20-16(21-12)13-10(17)6-8(2)15(19)14(13)18/h4-7H,3,19H2,1-2H3. The van der Waals surface area contributed by atoms with Gasteiger partial charge in [-0.15, -0.1) is 0 Å². The number of aromatic nitrogens is 1. The highest BCUT2D eigenvalue weighted by Gasteiger charge is 2.18. The molecule has 108 valence electrons. The monoisotopic (exact) mass is 408 g/mol. The minimum absolute atomic E-state index is 0.559. The van der Waals surface area contributed by atoms with E-state index in [0.29, 0.717) is 11.6 Å². The summed E-state index contributed by atoms with van der Waals surface area (Å²) >= 11 is 7.12. The van der Waals surface area contributed by atoms with Gasteiger partial charge in [0.1, 0.15) is 5.52 Å². The highest BCUT2D eigenvalue weighted by Crippen LogP contribution is 2.41. The molecule has 0 amide bonds. The first-order valence-corrected chi connectivity index (χ1v) is 8.23. The fourth-order valence-corrected chi connectivity index (χ4v) is 3.92. The summed E-state index contributed by atoms with van der Waals surface area (Å²) in [5, 5.41) is 0. The van der Waals surface area contributed by atoms with Crippen molar-refractivity contribution in [1.82, 2.24) is 4.98 Å². The number of hydrogen-bond acceptors (Lipinski definition) is 3. The van der Waals surface area contributed by atoms with E-state index < -0.39 is 0 Å². The Labute approximate surface area is 139 Å². The molecule has 0 aliphatic carbocycles. The van der Waals surface area contributed by atoms with Crippen molar-refractivity contribution in [3.8, 4) is 11.5 Å². The summed E-state index contributed by atoms with van der Waals surface area (Å²) in [4.78, 5) is 4.60. The third-order valence-corrected chi connectivity index (χ3v) is 4.99.